The van der Waals surface area contributed by atoms with Gasteiger partial charge >= 0.3 is 5.97 Å². The summed E-state index contributed by atoms with van der Waals surface area (Å²) in [6.07, 6.45) is 0.676. The molecular formula is C12H24O5S. The van der Waals surface area contributed by atoms with E-state index in [9.17, 15) is 13.2 Å². The Bertz CT molecular complexity index is 364. The molecule has 1 N–H and O–H groups in total. The van der Waals surface area contributed by atoms with E-state index >= 15 is 0 Å². The minimum Gasteiger partial charge on any atom is -0.464 e. The van der Waals surface area contributed by atoms with Crippen LogP contribution in [0.3, 0.4) is 0 Å². The van der Waals surface area contributed by atoms with Gasteiger partial charge in [0.1, 0.15) is 12.4 Å². The first-order chi connectivity index (χ1) is 7.92. The highest BCUT2D eigenvalue weighted by atomic mass is 32.2. The zero-order valence-electron chi connectivity index (χ0n) is 11.8. The van der Waals surface area contributed by atoms with E-state index in [1.54, 1.807) is 0 Å². The smallest absolute Gasteiger partial charge is 0.309 e. The van der Waals surface area contributed by atoms with Gasteiger partial charge in [-0.25, -0.2) is 0 Å². The topological polar surface area (TPSA) is 80.7 Å². The van der Waals surface area contributed by atoms with Crippen LogP contribution in [0.5, 0.6) is 0 Å². The Morgan fingerprint density at radius 2 is 1.78 bits per heavy atom. The lowest BCUT2D eigenvalue weighted by atomic mass is 9.80. The molecule has 18 heavy (non-hydrogen) atoms. The monoisotopic (exact) mass is 280 g/mol. The summed E-state index contributed by atoms with van der Waals surface area (Å²) in [4.78, 5) is 11.8. The van der Waals surface area contributed by atoms with Gasteiger partial charge < -0.3 is 4.74 Å². The second-order valence-corrected chi connectivity index (χ2v) is 7.64. The van der Waals surface area contributed by atoms with Gasteiger partial charge in [0.2, 0.25) is 0 Å². The van der Waals surface area contributed by atoms with Crippen LogP contribution in [-0.4, -0.2) is 31.3 Å². The quantitative estimate of drug-likeness (QED) is 0.595. The van der Waals surface area contributed by atoms with Crippen molar-refractivity contribution in [2.75, 3.05) is 12.4 Å². The zero-order valence-corrected chi connectivity index (χ0v) is 12.6. The van der Waals surface area contributed by atoms with Crippen LogP contribution >= 0.6 is 0 Å². The Labute approximate surface area is 110 Å². The van der Waals surface area contributed by atoms with Gasteiger partial charge in [0, 0.05) is 0 Å². The first-order valence-corrected chi connectivity index (χ1v) is 7.65. The molecule has 5 nitrogen and oxygen atoms in total. The second-order valence-electron chi connectivity index (χ2n) is 6.07. The van der Waals surface area contributed by atoms with E-state index in [2.05, 4.69) is 0 Å². The molecule has 0 aromatic carbocycles. The van der Waals surface area contributed by atoms with Gasteiger partial charge in [0.15, 0.2) is 0 Å². The van der Waals surface area contributed by atoms with Crippen molar-refractivity contribution >= 4 is 16.1 Å². The van der Waals surface area contributed by atoms with Crippen molar-refractivity contribution in [1.82, 2.24) is 0 Å². The predicted octanol–water partition coefficient (Wildman–Crippen LogP) is 2.13. The van der Waals surface area contributed by atoms with Crippen LogP contribution < -0.4 is 0 Å². The van der Waals surface area contributed by atoms with E-state index in [0.29, 0.717) is 6.42 Å². The Hall–Kier alpha value is -0.620. The Kier molecular flexibility index (Phi) is 6.29. The Balaban J connectivity index is 4.42. The number of carbonyl (C=O) groups excluding carboxylic acids is 1. The number of hydrogen-bond acceptors (Lipinski definition) is 4. The highest BCUT2D eigenvalue weighted by Gasteiger charge is 2.28. The fourth-order valence-electron chi connectivity index (χ4n) is 1.61. The van der Waals surface area contributed by atoms with Crippen LogP contribution in [-0.2, 0) is 19.6 Å². The average molecular weight is 280 g/mol. The molecule has 108 valence electrons. The third-order valence-electron chi connectivity index (χ3n) is 2.53. The van der Waals surface area contributed by atoms with Crippen LogP contribution in [0.4, 0.5) is 0 Å². The molecule has 0 saturated carbocycles. The van der Waals surface area contributed by atoms with Crippen molar-refractivity contribution in [2.45, 2.75) is 41.0 Å². The normalized spacial score (nSPS) is 14.6. The molecule has 0 aliphatic carbocycles. The van der Waals surface area contributed by atoms with Crippen molar-refractivity contribution in [3.05, 3.63) is 0 Å². The SMILES string of the molecule is CC(C)C(CC(C)(C)C)C(=O)OCCS(=O)(=O)O. The number of esters is 1. The Morgan fingerprint density at radius 3 is 2.11 bits per heavy atom. The molecule has 0 aliphatic heterocycles. The number of carbonyl (C=O) groups is 1. The third-order valence-corrected chi connectivity index (χ3v) is 3.21. The zero-order chi connectivity index (χ0) is 14.6. The maximum absolute atomic E-state index is 11.8. The molecule has 0 aromatic heterocycles. The van der Waals surface area contributed by atoms with Crippen molar-refractivity contribution in [3.63, 3.8) is 0 Å². The lowest BCUT2D eigenvalue weighted by Crippen LogP contribution is -2.28. The molecule has 0 heterocycles. The van der Waals surface area contributed by atoms with Gasteiger partial charge in [-0.15, -0.1) is 0 Å². The molecule has 0 aromatic rings. The molecule has 0 rings (SSSR count). The standard InChI is InChI=1S/C12H24O5S/c1-9(2)10(8-12(3,4)5)11(13)17-6-7-18(14,15)16/h9-10H,6-8H2,1-5H3,(H,14,15,16). The molecule has 1 atom stereocenters. The maximum Gasteiger partial charge on any atom is 0.309 e. The summed E-state index contributed by atoms with van der Waals surface area (Å²) in [5, 5.41) is 0. The number of ether oxygens (including phenoxy) is 1. The van der Waals surface area contributed by atoms with Gasteiger partial charge in [0.05, 0.1) is 5.92 Å². The van der Waals surface area contributed by atoms with Crippen LogP contribution in [0.25, 0.3) is 0 Å². The highest BCUT2D eigenvalue weighted by Crippen LogP contribution is 2.29. The first kappa shape index (κ1) is 17.4. The van der Waals surface area contributed by atoms with Crippen molar-refractivity contribution < 1.29 is 22.5 Å². The lowest BCUT2D eigenvalue weighted by Gasteiger charge is -2.27. The summed E-state index contributed by atoms with van der Waals surface area (Å²) in [6.45, 7) is 9.67. The van der Waals surface area contributed by atoms with Gasteiger partial charge in [-0.05, 0) is 17.8 Å². The Morgan fingerprint density at radius 1 is 1.28 bits per heavy atom. The molecule has 0 aliphatic rings. The van der Waals surface area contributed by atoms with E-state index in [1.807, 2.05) is 34.6 Å². The van der Waals surface area contributed by atoms with Gasteiger partial charge in [-0.1, -0.05) is 34.6 Å². The number of rotatable bonds is 6. The first-order valence-electron chi connectivity index (χ1n) is 6.04. The molecule has 0 fully saturated rings. The van der Waals surface area contributed by atoms with E-state index < -0.39 is 21.8 Å². The average Bonchev–Trinajstić information content (AvgIpc) is 2.09. The highest BCUT2D eigenvalue weighted by molar-refractivity contribution is 7.85. The van der Waals surface area contributed by atoms with E-state index in [1.165, 1.54) is 0 Å². The van der Waals surface area contributed by atoms with Crippen LogP contribution in [0.2, 0.25) is 0 Å². The summed E-state index contributed by atoms with van der Waals surface area (Å²) in [6, 6.07) is 0. The lowest BCUT2D eigenvalue weighted by molar-refractivity contribution is -0.150. The summed E-state index contributed by atoms with van der Waals surface area (Å²) in [7, 11) is -4.08. The van der Waals surface area contributed by atoms with Gasteiger partial charge in [0.25, 0.3) is 10.1 Å². The summed E-state index contributed by atoms with van der Waals surface area (Å²) < 4.78 is 34.5. The molecule has 1 unspecified atom stereocenters. The van der Waals surface area contributed by atoms with E-state index in [-0.39, 0.29) is 23.9 Å². The maximum atomic E-state index is 11.8. The van der Waals surface area contributed by atoms with Crippen molar-refractivity contribution in [3.8, 4) is 0 Å². The molecule has 6 heteroatoms. The summed E-state index contributed by atoms with van der Waals surface area (Å²) in [5.74, 6) is -1.09. The molecule has 0 saturated heterocycles. The predicted molar refractivity (Wildman–Crippen MR) is 69.8 cm³/mol. The third kappa shape index (κ3) is 8.47. The van der Waals surface area contributed by atoms with E-state index in [4.69, 9.17) is 9.29 Å². The fourth-order valence-corrected chi connectivity index (χ4v) is 1.90. The molecule has 0 bridgehead atoms. The van der Waals surface area contributed by atoms with Crippen molar-refractivity contribution in [1.29, 1.82) is 0 Å². The van der Waals surface area contributed by atoms with Crippen LogP contribution in [0.15, 0.2) is 0 Å². The summed E-state index contributed by atoms with van der Waals surface area (Å²) in [5.41, 5.74) is -0.00296. The minimum absolute atomic E-state index is 0.00296. The second kappa shape index (κ2) is 6.52. The largest absolute Gasteiger partial charge is 0.464 e. The van der Waals surface area contributed by atoms with Crippen LogP contribution in [0, 0.1) is 17.3 Å². The van der Waals surface area contributed by atoms with Gasteiger partial charge in [-0.3, -0.25) is 9.35 Å². The summed E-state index contributed by atoms with van der Waals surface area (Å²) >= 11 is 0. The van der Waals surface area contributed by atoms with Crippen molar-refractivity contribution in [2.24, 2.45) is 17.3 Å². The molecular weight excluding hydrogens is 256 g/mol. The minimum atomic E-state index is -4.08. The molecule has 0 radical (unpaired) electrons. The fraction of sp³-hybridized carbons (Fsp3) is 0.917. The van der Waals surface area contributed by atoms with E-state index in [0.717, 1.165) is 0 Å². The molecule has 0 spiro atoms. The van der Waals surface area contributed by atoms with Crippen LogP contribution in [0.1, 0.15) is 41.0 Å². The molecule has 0 amide bonds. The van der Waals surface area contributed by atoms with Gasteiger partial charge in [-0.2, -0.15) is 8.42 Å². The number of hydrogen-bond donors (Lipinski definition) is 1.